The van der Waals surface area contributed by atoms with E-state index < -0.39 is 23.2 Å². The molecule has 0 radical (unpaired) electrons. The van der Waals surface area contributed by atoms with Crippen molar-refractivity contribution < 1.29 is 47.7 Å². The molecule has 0 saturated carbocycles. The number of nitrogen functional groups attached to an aromatic ring is 1. The number of hydroxylamine groups is 2. The van der Waals surface area contributed by atoms with Gasteiger partial charge in [0.05, 0.1) is 50.9 Å². The van der Waals surface area contributed by atoms with Crippen LogP contribution in [0.15, 0.2) is 208 Å². The Morgan fingerprint density at radius 1 is 0.654 bits per heavy atom. The lowest BCUT2D eigenvalue weighted by Crippen LogP contribution is -2.30. The molecule has 2 aromatic heterocycles. The molecule has 6 heterocycles. The Labute approximate surface area is 476 Å². The van der Waals surface area contributed by atoms with Crippen molar-refractivity contribution in [1.82, 2.24) is 9.97 Å². The van der Waals surface area contributed by atoms with E-state index in [0.29, 0.717) is 114 Å². The second kappa shape index (κ2) is 28.3. The molecule has 0 saturated heterocycles. The Kier molecular flexibility index (Phi) is 20.3. The molecule has 0 aliphatic carbocycles. The molecule has 4 unspecified atom stereocenters. The van der Waals surface area contributed by atoms with Crippen LogP contribution in [-0.4, -0.2) is 72.7 Å². The van der Waals surface area contributed by atoms with Crippen LogP contribution < -0.4 is 35.8 Å². The molecule has 10 rings (SSSR count). The van der Waals surface area contributed by atoms with E-state index in [9.17, 15) is 9.59 Å². The minimum atomic E-state index is -0.630. The number of halogens is 1. The second-order valence-corrected chi connectivity index (χ2v) is 19.1. The van der Waals surface area contributed by atoms with Crippen molar-refractivity contribution in [2.75, 3.05) is 49.8 Å². The molecule has 0 spiro atoms. The van der Waals surface area contributed by atoms with Crippen LogP contribution in [0.2, 0.25) is 0 Å². The lowest BCUT2D eigenvalue weighted by molar-refractivity contribution is -0.142. The first-order valence-corrected chi connectivity index (χ1v) is 26.7. The van der Waals surface area contributed by atoms with Gasteiger partial charge in [0.2, 0.25) is 11.6 Å². The first-order chi connectivity index (χ1) is 39.4. The topological polar surface area (TPSA) is 217 Å². The minimum absolute atomic E-state index is 0.201. The van der Waals surface area contributed by atoms with Crippen LogP contribution in [0.3, 0.4) is 0 Å². The van der Waals surface area contributed by atoms with Gasteiger partial charge < -0.3 is 49.6 Å². The van der Waals surface area contributed by atoms with Gasteiger partial charge in [0.1, 0.15) is 48.3 Å². The standard InChI is InChI=1S/C23H22ClN3O4.C23H23N3O4.C16H20N2O2/c1-14(24)21-20-17(19(15(2)26-20)23(28)29-3)12-27(31-21)22-18(10-7-11-25-22)30-13-16-8-5-4-6-9-16;1-4-18-21-17(20(15(2)25-21)23(27)28-3)13-26(30-18)22-19(11-8-12-24-22)29-14-16-9-6-5-7-10-16;17-10-11-19-12-16(13-6-2-1-3-7-13)20-15-9-5-4-8-14(15)18/h4-12,14,19H,13H2,1-3H3;5-13,20H,4,14H2,1-3H3;1-9,16H,10-12,17-18H2. The lowest BCUT2D eigenvalue weighted by Gasteiger charge is -2.29. The molecular weight excluding hydrogens is 1050 g/mol. The number of anilines is 3. The second-order valence-electron chi connectivity index (χ2n) is 18.5. The highest BCUT2D eigenvalue weighted by atomic mass is 35.5. The fraction of sp³-hybridized carbons (Fsp3) is 0.258. The van der Waals surface area contributed by atoms with E-state index >= 15 is 0 Å². The van der Waals surface area contributed by atoms with Gasteiger partial charge in [0, 0.05) is 47.9 Å². The van der Waals surface area contributed by atoms with Crippen LogP contribution in [0, 0.1) is 11.8 Å². The predicted molar refractivity (Wildman–Crippen MR) is 311 cm³/mol. The zero-order valence-electron chi connectivity index (χ0n) is 45.9. The van der Waals surface area contributed by atoms with Gasteiger partial charge in [-0.3, -0.25) is 19.6 Å². The average molecular weight is 1120 g/mol. The van der Waals surface area contributed by atoms with Crippen molar-refractivity contribution in [3.05, 3.63) is 215 Å². The summed E-state index contributed by atoms with van der Waals surface area (Å²) >= 11 is 6.39. The number of carbonyl (C=O) groups excluding carboxylic acids is 2. The average Bonchev–Trinajstić information content (AvgIpc) is 4.02. The summed E-state index contributed by atoms with van der Waals surface area (Å²) in [6.07, 6.45) is 7.16. The van der Waals surface area contributed by atoms with Crippen LogP contribution in [0.1, 0.15) is 56.9 Å². The van der Waals surface area contributed by atoms with Crippen molar-refractivity contribution in [2.45, 2.75) is 58.8 Å². The molecule has 18 nitrogen and oxygen atoms in total. The Bertz CT molecular complexity index is 3320. The van der Waals surface area contributed by atoms with Crippen molar-refractivity contribution in [2.24, 2.45) is 27.6 Å². The number of pyridine rings is 2. The number of carbonyl (C=O) groups is 2. The molecule has 0 amide bonds. The number of rotatable bonds is 19. The Balaban J connectivity index is 0.000000163. The van der Waals surface area contributed by atoms with Gasteiger partial charge in [-0.15, -0.1) is 11.6 Å². The van der Waals surface area contributed by atoms with Crippen molar-refractivity contribution in [1.29, 1.82) is 0 Å². The summed E-state index contributed by atoms with van der Waals surface area (Å²) in [6, 6.07) is 44.4. The van der Waals surface area contributed by atoms with Crippen LogP contribution >= 0.6 is 11.6 Å². The highest BCUT2D eigenvalue weighted by molar-refractivity contribution is 6.22. The molecule has 0 fully saturated rings. The van der Waals surface area contributed by atoms with Gasteiger partial charge >= 0.3 is 11.9 Å². The number of methoxy groups -OCH3 is 2. The van der Waals surface area contributed by atoms with E-state index in [1.807, 2.05) is 147 Å². The zero-order chi connectivity index (χ0) is 57.3. The van der Waals surface area contributed by atoms with Gasteiger partial charge in [0.15, 0.2) is 23.0 Å². The molecule has 4 atom stereocenters. The number of fused-ring (bicyclic) bond motifs is 2. The molecule has 6 aromatic rings. The summed E-state index contributed by atoms with van der Waals surface area (Å²) < 4.78 is 33.5. The van der Waals surface area contributed by atoms with E-state index in [1.54, 1.807) is 49.8 Å². The fourth-order valence-corrected chi connectivity index (χ4v) is 8.99. The van der Waals surface area contributed by atoms with E-state index in [1.165, 1.54) is 19.3 Å². The highest BCUT2D eigenvalue weighted by Crippen LogP contribution is 2.43. The molecule has 4 aromatic carbocycles. The summed E-state index contributed by atoms with van der Waals surface area (Å²) in [7, 11) is 2.73. The third-order valence-corrected chi connectivity index (χ3v) is 13.0. The quantitative estimate of drug-likeness (QED) is 0.0334. The van der Waals surface area contributed by atoms with E-state index in [2.05, 4.69) is 20.0 Å². The van der Waals surface area contributed by atoms with E-state index in [0.717, 1.165) is 22.3 Å². The number of hydrogen-bond acceptors (Lipinski definition) is 18. The smallest absolute Gasteiger partial charge is 0.319 e. The fourth-order valence-electron chi connectivity index (χ4n) is 8.85. The number of aromatic nitrogens is 2. The molecule has 0 bridgehead atoms. The molecule has 4 N–H and O–H groups in total. The first-order valence-electron chi connectivity index (χ1n) is 26.3. The maximum atomic E-state index is 12.4. The number of allylic oxidation sites excluding steroid dienone is 4. The number of nitrogens with zero attached hydrogens (tertiary/aromatic N) is 6. The summed E-state index contributed by atoms with van der Waals surface area (Å²) in [4.78, 5) is 54.9. The number of aliphatic imine (C=N–C) groups is 2. The van der Waals surface area contributed by atoms with Crippen LogP contribution in [0.25, 0.3) is 0 Å². The Morgan fingerprint density at radius 2 is 1.14 bits per heavy atom. The summed E-state index contributed by atoms with van der Waals surface area (Å²) in [5, 5.41) is 2.53. The first kappa shape index (κ1) is 58.2. The van der Waals surface area contributed by atoms with Gasteiger partial charge in [-0.1, -0.05) is 110 Å². The highest BCUT2D eigenvalue weighted by Gasteiger charge is 2.42. The van der Waals surface area contributed by atoms with Crippen molar-refractivity contribution in [3.63, 3.8) is 0 Å². The molecule has 4 aliphatic rings. The molecule has 4 aliphatic heterocycles. The number of ether oxygens (including phenoxy) is 6. The summed E-state index contributed by atoms with van der Waals surface area (Å²) in [5.41, 5.74) is 19.0. The summed E-state index contributed by atoms with van der Waals surface area (Å²) in [5.74, 6) is 1.86. The maximum Gasteiger partial charge on any atom is 0.319 e. The van der Waals surface area contributed by atoms with Crippen LogP contribution in [0.5, 0.6) is 17.2 Å². The number of alkyl halides is 1. The van der Waals surface area contributed by atoms with Gasteiger partial charge in [-0.05, 0) is 73.9 Å². The number of hydrogen-bond donors (Lipinski definition) is 2. The van der Waals surface area contributed by atoms with E-state index in [-0.39, 0.29) is 12.1 Å². The molecule has 420 valence electrons. The van der Waals surface area contributed by atoms with Gasteiger partial charge in [-0.25, -0.2) is 9.97 Å². The molecule has 19 heteroatoms. The molecule has 81 heavy (non-hydrogen) atoms. The lowest BCUT2D eigenvalue weighted by atomic mass is 9.95. The number of benzene rings is 4. The van der Waals surface area contributed by atoms with Crippen molar-refractivity contribution in [3.8, 4) is 17.2 Å². The number of para-hydroxylation sites is 2. The largest absolute Gasteiger partial charge is 0.485 e. The van der Waals surface area contributed by atoms with Gasteiger partial charge in [-0.2, -0.15) is 10.1 Å². The molecular formula is C62H65ClN8O10. The third-order valence-electron chi connectivity index (χ3n) is 12.8. The monoisotopic (exact) mass is 1120 g/mol. The third kappa shape index (κ3) is 14.5. The summed E-state index contributed by atoms with van der Waals surface area (Å²) in [6.45, 7) is 9.58. The van der Waals surface area contributed by atoms with Crippen LogP contribution in [0.4, 0.5) is 17.3 Å². The zero-order valence-corrected chi connectivity index (χ0v) is 46.7. The predicted octanol–water partition coefficient (Wildman–Crippen LogP) is 10.9. The SMILES string of the molecule is CCC1=C2N=C(C)C(C(=O)OC)C2=CN(c2ncccc2OCc2ccccc2)O1.COC(=O)C1C2=CN(c3ncccc3OCc3ccccc3)OC(C(C)Cl)=C2N=C1C.NCCOCC(Oc1ccccc1N)c1ccccc1. The Hall–Kier alpha value is -8.97. The number of esters is 2. The maximum absolute atomic E-state index is 12.4. The Morgan fingerprint density at radius 3 is 1.64 bits per heavy atom. The van der Waals surface area contributed by atoms with Gasteiger partial charge in [0.25, 0.3) is 0 Å². The number of nitrogens with two attached hydrogens (primary N) is 2. The normalized spacial score (nSPS) is 16.6. The van der Waals surface area contributed by atoms with Crippen molar-refractivity contribution >= 4 is 52.3 Å². The van der Waals surface area contributed by atoms with E-state index in [4.69, 9.17) is 61.2 Å². The van der Waals surface area contributed by atoms with Crippen LogP contribution in [-0.2, 0) is 46.7 Å². The minimum Gasteiger partial charge on any atom is -0.485 e.